The van der Waals surface area contributed by atoms with Crippen LogP contribution in [0.1, 0.15) is 24.3 Å². The molecule has 0 spiro atoms. The first-order chi connectivity index (χ1) is 7.52. The van der Waals surface area contributed by atoms with Gasteiger partial charge in [-0.25, -0.2) is 9.97 Å². The van der Waals surface area contributed by atoms with Crippen LogP contribution >= 0.6 is 0 Å². The zero-order valence-corrected chi connectivity index (χ0v) is 9.20. The summed E-state index contributed by atoms with van der Waals surface area (Å²) in [5.41, 5.74) is 4.15. The fourth-order valence-electron chi connectivity index (χ4n) is 0.777. The average Bonchev–Trinajstić information content (AvgIpc) is 2.23. The number of nitrogens with one attached hydrogen (secondary N) is 1. The summed E-state index contributed by atoms with van der Waals surface area (Å²) in [6.45, 7) is 6.39. The summed E-state index contributed by atoms with van der Waals surface area (Å²) in [6.07, 6.45) is 0.682. The van der Waals surface area contributed by atoms with Gasteiger partial charge in [-0.05, 0) is 13.1 Å². The highest BCUT2D eigenvalue weighted by Gasteiger charge is 2.11. The number of halogens is 1. The fourth-order valence-corrected chi connectivity index (χ4v) is 0.777. The number of carbonyl (C=O) groups excluding carboxylic acids is 1. The molecule has 0 aliphatic rings. The molecule has 0 saturated carbocycles. The molecule has 1 aromatic rings. The Morgan fingerprint density at radius 1 is 1.56 bits per heavy atom. The van der Waals surface area contributed by atoms with Gasteiger partial charge in [0.1, 0.15) is 0 Å². The molecule has 0 aromatic carbocycles. The number of nitrogens with zero attached hydrogens (tertiary/aromatic N) is 2. The SMILES string of the molecule is CCNCC.NC(=O)c1nc(F)cnc1O. The standard InChI is InChI=1S/C5H4FN3O2.C4H11N/c6-2-1-8-5(11)3(9-2)4(7)10;1-3-5-4-2/h1H,(H2,7,10)(H,8,11);5H,3-4H2,1-2H3. The highest BCUT2D eigenvalue weighted by atomic mass is 19.1. The average molecular weight is 230 g/mol. The summed E-state index contributed by atoms with van der Waals surface area (Å²) in [6, 6.07) is 0. The molecule has 0 radical (unpaired) electrons. The third-order valence-corrected chi connectivity index (χ3v) is 1.46. The third kappa shape index (κ3) is 5.20. The van der Waals surface area contributed by atoms with Gasteiger partial charge in [0.2, 0.25) is 11.8 Å². The van der Waals surface area contributed by atoms with Crippen molar-refractivity contribution >= 4 is 5.91 Å². The van der Waals surface area contributed by atoms with Gasteiger partial charge in [-0.1, -0.05) is 13.8 Å². The van der Waals surface area contributed by atoms with Crippen molar-refractivity contribution in [3.63, 3.8) is 0 Å². The molecule has 0 fully saturated rings. The lowest BCUT2D eigenvalue weighted by atomic mass is 10.4. The predicted octanol–water partition coefficient (Wildman–Crippen LogP) is 0.0360. The van der Waals surface area contributed by atoms with Gasteiger partial charge in [-0.15, -0.1) is 0 Å². The zero-order chi connectivity index (χ0) is 12.6. The molecule has 1 heterocycles. The quantitative estimate of drug-likeness (QED) is 0.680. The van der Waals surface area contributed by atoms with Gasteiger partial charge in [-0.3, -0.25) is 4.79 Å². The van der Waals surface area contributed by atoms with Crippen molar-refractivity contribution in [3.05, 3.63) is 17.8 Å². The number of hydrogen-bond acceptors (Lipinski definition) is 5. The molecule has 1 rings (SSSR count). The summed E-state index contributed by atoms with van der Waals surface area (Å²) in [4.78, 5) is 16.5. The maximum absolute atomic E-state index is 12.2. The molecular formula is C9H15FN4O2. The molecule has 7 heteroatoms. The largest absolute Gasteiger partial charge is 0.492 e. The minimum absolute atomic E-state index is 0.565. The van der Waals surface area contributed by atoms with E-state index in [1.807, 2.05) is 0 Å². The first-order valence-electron chi connectivity index (χ1n) is 4.74. The smallest absolute Gasteiger partial charge is 0.273 e. The Morgan fingerprint density at radius 3 is 2.44 bits per heavy atom. The Balaban J connectivity index is 0.000000385. The van der Waals surface area contributed by atoms with Crippen molar-refractivity contribution < 1.29 is 14.3 Å². The van der Waals surface area contributed by atoms with E-state index >= 15 is 0 Å². The number of rotatable bonds is 3. The molecule has 0 saturated heterocycles. The van der Waals surface area contributed by atoms with Gasteiger partial charge >= 0.3 is 0 Å². The Labute approximate surface area is 92.7 Å². The van der Waals surface area contributed by atoms with Gasteiger partial charge in [-0.2, -0.15) is 4.39 Å². The van der Waals surface area contributed by atoms with Crippen LogP contribution < -0.4 is 11.1 Å². The number of aromatic hydroxyl groups is 1. The minimum Gasteiger partial charge on any atom is -0.492 e. The molecule has 1 amide bonds. The zero-order valence-electron chi connectivity index (χ0n) is 9.20. The second-order valence-electron chi connectivity index (χ2n) is 2.69. The first kappa shape index (κ1) is 14.2. The van der Waals surface area contributed by atoms with Crippen molar-refractivity contribution in [1.29, 1.82) is 0 Å². The van der Waals surface area contributed by atoms with E-state index in [0.29, 0.717) is 6.20 Å². The minimum atomic E-state index is -1.02. The highest BCUT2D eigenvalue weighted by molar-refractivity contribution is 5.92. The Kier molecular flexibility index (Phi) is 6.69. The van der Waals surface area contributed by atoms with Gasteiger partial charge < -0.3 is 16.2 Å². The van der Waals surface area contributed by atoms with Gasteiger partial charge in [0.25, 0.3) is 5.91 Å². The van der Waals surface area contributed by atoms with E-state index in [4.69, 9.17) is 10.8 Å². The van der Waals surface area contributed by atoms with Crippen molar-refractivity contribution in [2.45, 2.75) is 13.8 Å². The maximum atomic E-state index is 12.2. The van der Waals surface area contributed by atoms with Crippen molar-refractivity contribution in [2.75, 3.05) is 13.1 Å². The van der Waals surface area contributed by atoms with E-state index in [9.17, 15) is 9.18 Å². The number of amides is 1. The van der Waals surface area contributed by atoms with Gasteiger partial charge in [0, 0.05) is 0 Å². The molecule has 90 valence electrons. The van der Waals surface area contributed by atoms with E-state index in [1.165, 1.54) is 0 Å². The molecule has 6 nitrogen and oxygen atoms in total. The molecule has 0 bridgehead atoms. The lowest BCUT2D eigenvalue weighted by Gasteiger charge is -1.95. The first-order valence-corrected chi connectivity index (χ1v) is 4.74. The number of nitrogens with two attached hydrogens (primary N) is 1. The van der Waals surface area contributed by atoms with E-state index < -0.39 is 23.4 Å². The van der Waals surface area contributed by atoms with Crippen LogP contribution in [0.3, 0.4) is 0 Å². The molecule has 1 aromatic heterocycles. The number of primary amides is 1. The van der Waals surface area contributed by atoms with E-state index in [-0.39, 0.29) is 0 Å². The summed E-state index contributed by atoms with van der Waals surface area (Å²) in [5.74, 6) is -2.65. The van der Waals surface area contributed by atoms with E-state index in [0.717, 1.165) is 13.1 Å². The topological polar surface area (TPSA) is 101 Å². The van der Waals surface area contributed by atoms with Crippen LogP contribution in [0.2, 0.25) is 0 Å². The number of aromatic nitrogens is 2. The molecule has 0 aliphatic carbocycles. The molecular weight excluding hydrogens is 215 g/mol. The second-order valence-corrected chi connectivity index (χ2v) is 2.69. The summed E-state index contributed by atoms with van der Waals surface area (Å²) < 4.78 is 12.2. The van der Waals surface area contributed by atoms with Gasteiger partial charge in [0.15, 0.2) is 5.69 Å². The number of carbonyl (C=O) groups is 1. The fraction of sp³-hybridized carbons (Fsp3) is 0.444. The monoisotopic (exact) mass is 230 g/mol. The van der Waals surface area contributed by atoms with E-state index in [1.54, 1.807) is 0 Å². The van der Waals surface area contributed by atoms with Crippen molar-refractivity contribution in [2.24, 2.45) is 5.73 Å². The number of hydrogen-bond donors (Lipinski definition) is 3. The van der Waals surface area contributed by atoms with Crippen molar-refractivity contribution in [1.82, 2.24) is 15.3 Å². The molecule has 4 N–H and O–H groups in total. The van der Waals surface area contributed by atoms with Crippen LogP contribution in [0.5, 0.6) is 5.88 Å². The highest BCUT2D eigenvalue weighted by Crippen LogP contribution is 2.08. The third-order valence-electron chi connectivity index (χ3n) is 1.46. The maximum Gasteiger partial charge on any atom is 0.273 e. The second kappa shape index (κ2) is 7.52. The Morgan fingerprint density at radius 2 is 2.12 bits per heavy atom. The summed E-state index contributed by atoms with van der Waals surface area (Å²) >= 11 is 0. The van der Waals surface area contributed by atoms with Crippen LogP contribution in [-0.4, -0.2) is 34.1 Å². The van der Waals surface area contributed by atoms with Crippen molar-refractivity contribution in [3.8, 4) is 5.88 Å². The summed E-state index contributed by atoms with van der Waals surface area (Å²) in [5, 5.41) is 11.9. The van der Waals surface area contributed by atoms with Crippen LogP contribution in [0.25, 0.3) is 0 Å². The predicted molar refractivity (Wildman–Crippen MR) is 56.4 cm³/mol. The molecule has 0 unspecified atom stereocenters. The summed E-state index contributed by atoms with van der Waals surface area (Å²) in [7, 11) is 0. The lowest BCUT2D eigenvalue weighted by Crippen LogP contribution is -2.14. The van der Waals surface area contributed by atoms with Crippen LogP contribution in [0.4, 0.5) is 4.39 Å². The van der Waals surface area contributed by atoms with Gasteiger partial charge in [0.05, 0.1) is 6.20 Å². The normalized spacial score (nSPS) is 9.19. The lowest BCUT2D eigenvalue weighted by molar-refractivity contribution is 0.0990. The Bertz CT molecular complexity index is 344. The van der Waals surface area contributed by atoms with Crippen LogP contribution in [0, 0.1) is 5.95 Å². The Hall–Kier alpha value is -1.76. The van der Waals surface area contributed by atoms with Crippen LogP contribution in [-0.2, 0) is 0 Å². The molecule has 0 aliphatic heterocycles. The molecule has 0 atom stereocenters. The van der Waals surface area contributed by atoms with Crippen LogP contribution in [0.15, 0.2) is 6.20 Å². The molecule has 16 heavy (non-hydrogen) atoms. The van der Waals surface area contributed by atoms with E-state index in [2.05, 4.69) is 29.1 Å².